The number of thiol groups is 1. The molecule has 0 saturated heterocycles. The van der Waals surface area contributed by atoms with Crippen molar-refractivity contribution in [2.24, 2.45) is 0 Å². The van der Waals surface area contributed by atoms with Crippen molar-refractivity contribution in [2.45, 2.75) is 61.6 Å². The molecule has 2 amide bonds. The molecule has 0 aliphatic heterocycles. The van der Waals surface area contributed by atoms with Crippen LogP contribution in [0.3, 0.4) is 0 Å². The van der Waals surface area contributed by atoms with Gasteiger partial charge in [-0.15, -0.1) is 12.6 Å². The summed E-state index contributed by atoms with van der Waals surface area (Å²) in [5.41, 5.74) is 10.2. The summed E-state index contributed by atoms with van der Waals surface area (Å²) < 4.78 is 6.03. The number of aryl methyl sites for hydroxylation is 1. The Morgan fingerprint density at radius 2 is 0.930 bits per heavy atom. The zero-order chi connectivity index (χ0) is 49.0. The van der Waals surface area contributed by atoms with Gasteiger partial charge in [0.1, 0.15) is 12.6 Å². The molecule has 0 spiro atoms. The highest BCUT2D eigenvalue weighted by atomic mass is 32.1. The normalized spacial score (nSPS) is 13.0. The van der Waals surface area contributed by atoms with Crippen LogP contribution in [0.5, 0.6) is 0 Å². The van der Waals surface area contributed by atoms with Gasteiger partial charge in [0, 0.05) is 11.3 Å². The smallest absolute Gasteiger partial charge is 0.407 e. The van der Waals surface area contributed by atoms with Crippen LogP contribution in [0, 0.1) is 6.92 Å². The van der Waals surface area contributed by atoms with Gasteiger partial charge >= 0.3 is 6.09 Å². The van der Waals surface area contributed by atoms with Gasteiger partial charge in [0.15, 0.2) is 0 Å². The van der Waals surface area contributed by atoms with E-state index in [0.717, 1.165) is 55.6 Å². The number of alkyl carbamates (subject to hydrolysis) is 1. The predicted octanol–water partition coefficient (Wildman–Crippen LogP) is 12.3. The molecule has 8 aromatic rings. The molecule has 0 saturated carbocycles. The van der Waals surface area contributed by atoms with Crippen LogP contribution in [0.15, 0.2) is 224 Å². The van der Waals surface area contributed by atoms with Gasteiger partial charge in [0.05, 0.1) is 11.6 Å². The number of unbranched alkanes of at least 4 members (excludes halogenated alkanes) is 1. The number of hydrogen-bond acceptors (Lipinski definition) is 5. The number of carbonyl (C=O) groups excluding carboxylic acids is 3. The summed E-state index contributed by atoms with van der Waals surface area (Å²) in [5, 5.41) is 9.51. The lowest BCUT2D eigenvalue weighted by Gasteiger charge is -2.38. The summed E-state index contributed by atoms with van der Waals surface area (Å²) in [7, 11) is 0. The Bertz CT molecular complexity index is 2840. The monoisotopic (exact) mass is 953 g/mol. The highest BCUT2D eigenvalue weighted by molar-refractivity contribution is 7.96. The van der Waals surface area contributed by atoms with Crippen LogP contribution in [0.1, 0.15) is 81.7 Å². The number of hydrogen-bond donors (Lipinski definition) is 4. The highest BCUT2D eigenvalue weighted by Gasteiger charge is 2.41. The summed E-state index contributed by atoms with van der Waals surface area (Å²) >= 11 is 4.43. The van der Waals surface area contributed by atoms with Crippen molar-refractivity contribution in [3.63, 3.8) is 0 Å². The molecule has 0 fully saturated rings. The van der Waals surface area contributed by atoms with E-state index in [1.54, 1.807) is 0 Å². The molecule has 0 radical (unpaired) electrons. The number of amides is 2. The van der Waals surface area contributed by atoms with Crippen molar-refractivity contribution in [3.8, 4) is 11.1 Å². The van der Waals surface area contributed by atoms with Gasteiger partial charge in [-0.1, -0.05) is 230 Å². The average Bonchev–Trinajstić information content (AvgIpc) is 3.74. The van der Waals surface area contributed by atoms with E-state index in [4.69, 9.17) is 4.74 Å². The molecule has 7 nitrogen and oxygen atoms in total. The fourth-order valence-electron chi connectivity index (χ4n) is 10.6. The Labute approximate surface area is 423 Å². The second-order valence-corrected chi connectivity index (χ2v) is 18.8. The van der Waals surface area contributed by atoms with Gasteiger partial charge in [-0.05, 0) is 94.8 Å². The number of ether oxygens (including phenoxy) is 1. The van der Waals surface area contributed by atoms with Gasteiger partial charge in [-0.2, -0.15) is 0 Å². The first-order valence-electron chi connectivity index (χ1n) is 24.5. The van der Waals surface area contributed by atoms with E-state index in [2.05, 4.69) is 169 Å². The first kappa shape index (κ1) is 48.5. The second kappa shape index (κ2) is 22.5. The summed E-state index contributed by atoms with van der Waals surface area (Å²) in [6, 6.07) is 74.0. The number of nitrogens with one attached hydrogen (secondary N) is 3. The quantitative estimate of drug-likeness (QED) is 0.0347. The molecule has 0 bridgehead atoms. The zero-order valence-corrected chi connectivity index (χ0v) is 40.8. The summed E-state index contributed by atoms with van der Waals surface area (Å²) in [6.07, 6.45) is 0.959. The van der Waals surface area contributed by atoms with Crippen LogP contribution in [0.4, 0.5) is 4.79 Å². The maximum absolute atomic E-state index is 14.9. The Balaban J connectivity index is 0.986. The predicted molar refractivity (Wildman–Crippen MR) is 288 cm³/mol. The van der Waals surface area contributed by atoms with Gasteiger partial charge in [0.2, 0.25) is 11.0 Å². The SMILES string of the molecule is Cc1ccc(C(NCCCC[C@H](NC(=O)OCC2c3ccccc3-c3ccccc32)C(=O)N[C@H](CC(c2ccccc2)(c2ccccc2)c2ccccc2)C(=O)S)(c2ccccc2)c2ccccc2)cc1. The second-order valence-electron chi connectivity index (χ2n) is 18.4. The molecular formula is C63H59N3O4S. The third-order valence-corrected chi connectivity index (χ3v) is 14.4. The minimum absolute atomic E-state index is 0.0870. The fraction of sp³-hybridized carbons (Fsp3) is 0.190. The fourth-order valence-corrected chi connectivity index (χ4v) is 10.7. The van der Waals surface area contributed by atoms with Crippen molar-refractivity contribution in [1.29, 1.82) is 0 Å². The largest absolute Gasteiger partial charge is 0.449 e. The Morgan fingerprint density at radius 1 is 0.507 bits per heavy atom. The lowest BCUT2D eigenvalue weighted by Crippen LogP contribution is -2.53. The molecule has 3 N–H and O–H groups in total. The van der Waals surface area contributed by atoms with E-state index in [-0.39, 0.29) is 25.4 Å². The van der Waals surface area contributed by atoms with Gasteiger partial charge in [-0.25, -0.2) is 4.79 Å². The van der Waals surface area contributed by atoms with Crippen LogP contribution in [0.2, 0.25) is 0 Å². The van der Waals surface area contributed by atoms with E-state index < -0.39 is 40.2 Å². The molecule has 0 unspecified atom stereocenters. The summed E-state index contributed by atoms with van der Waals surface area (Å²) in [6.45, 7) is 2.76. The minimum Gasteiger partial charge on any atom is -0.449 e. The molecule has 356 valence electrons. The topological polar surface area (TPSA) is 96.5 Å². The van der Waals surface area contributed by atoms with Crippen molar-refractivity contribution in [3.05, 3.63) is 275 Å². The third kappa shape index (κ3) is 10.5. The van der Waals surface area contributed by atoms with Gasteiger partial charge in [0.25, 0.3) is 0 Å². The molecule has 0 heterocycles. The van der Waals surface area contributed by atoms with Crippen molar-refractivity contribution < 1.29 is 19.1 Å². The summed E-state index contributed by atoms with van der Waals surface area (Å²) in [4.78, 5) is 42.8. The Kier molecular flexibility index (Phi) is 15.4. The molecule has 1 aliphatic rings. The molecule has 8 heteroatoms. The molecule has 71 heavy (non-hydrogen) atoms. The van der Waals surface area contributed by atoms with E-state index in [0.29, 0.717) is 19.4 Å². The number of carbonyl (C=O) groups is 3. The standard InChI is InChI=1S/C63H59N3O4S/c1-45-38-40-51(41-39-45)63(49-29-13-5-14-30-49,50-31-15-6-16-32-50)64-42-22-21-37-57(66-61(69)70-44-56-54-35-19-17-33-52(54)53-34-18-20-36-55(53)56)59(67)65-58(60(68)71)43-62(46-23-7-2-8-24-46,47-25-9-3-10-26-47)48-27-11-4-12-28-48/h2-20,23-36,38-41,56-58,64H,21-22,37,42-44H2,1H3,(H,65,67)(H,66,69)(H,68,71)/t57-,58+/m0/s1. The zero-order valence-electron chi connectivity index (χ0n) is 39.9. The molecule has 2 atom stereocenters. The number of rotatable bonds is 20. The van der Waals surface area contributed by atoms with Crippen LogP contribution >= 0.6 is 12.6 Å². The van der Waals surface area contributed by atoms with E-state index in [1.807, 2.05) is 91.0 Å². The molecule has 0 aromatic heterocycles. The molecular weight excluding hydrogens is 895 g/mol. The maximum atomic E-state index is 14.9. The van der Waals surface area contributed by atoms with E-state index in [1.165, 1.54) is 5.56 Å². The lowest BCUT2D eigenvalue weighted by atomic mass is 9.66. The van der Waals surface area contributed by atoms with Crippen molar-refractivity contribution in [2.75, 3.05) is 13.2 Å². The first-order chi connectivity index (χ1) is 34.8. The average molecular weight is 954 g/mol. The molecule has 1 aliphatic carbocycles. The lowest BCUT2D eigenvalue weighted by molar-refractivity contribution is -0.126. The molecule has 8 aromatic carbocycles. The van der Waals surface area contributed by atoms with Crippen molar-refractivity contribution >= 4 is 29.7 Å². The van der Waals surface area contributed by atoms with Gasteiger partial charge in [-0.3, -0.25) is 14.9 Å². The Morgan fingerprint density at radius 3 is 1.39 bits per heavy atom. The molecule has 9 rings (SSSR count). The van der Waals surface area contributed by atoms with E-state index >= 15 is 0 Å². The maximum Gasteiger partial charge on any atom is 0.407 e. The minimum atomic E-state index is -1.05. The highest BCUT2D eigenvalue weighted by Crippen LogP contribution is 2.45. The summed E-state index contributed by atoms with van der Waals surface area (Å²) in [5.74, 6) is -0.660. The van der Waals surface area contributed by atoms with Gasteiger partial charge < -0.3 is 15.4 Å². The van der Waals surface area contributed by atoms with Crippen molar-refractivity contribution in [1.82, 2.24) is 16.0 Å². The van der Waals surface area contributed by atoms with E-state index in [9.17, 15) is 14.4 Å². The van der Waals surface area contributed by atoms with Crippen LogP contribution in [0.25, 0.3) is 11.1 Å². The third-order valence-electron chi connectivity index (χ3n) is 14.1. The van der Waals surface area contributed by atoms with Crippen LogP contribution < -0.4 is 16.0 Å². The number of benzene rings is 8. The van der Waals surface area contributed by atoms with Crippen LogP contribution in [-0.4, -0.2) is 42.4 Å². The van der Waals surface area contributed by atoms with Crippen LogP contribution in [-0.2, 0) is 25.3 Å². The number of fused-ring (bicyclic) bond motifs is 3. The Hall–Kier alpha value is -7.52. The first-order valence-corrected chi connectivity index (χ1v) is 25.0.